The van der Waals surface area contributed by atoms with Gasteiger partial charge in [-0.05, 0) is 32.9 Å². The molecule has 24 heavy (non-hydrogen) atoms. The van der Waals surface area contributed by atoms with Gasteiger partial charge in [0.05, 0.1) is 6.42 Å². The maximum absolute atomic E-state index is 12.2. The first-order chi connectivity index (χ1) is 11.2. The lowest BCUT2D eigenvalue weighted by Crippen LogP contribution is -2.43. The fourth-order valence-electron chi connectivity index (χ4n) is 1.83. The number of amides is 2. The highest BCUT2D eigenvalue weighted by atomic mass is 16.6. The normalized spacial score (nSPS) is 10.8. The van der Waals surface area contributed by atoms with Crippen molar-refractivity contribution in [2.45, 2.75) is 32.8 Å². The number of nitrogens with zero attached hydrogens (tertiary/aromatic N) is 2. The molecule has 0 spiro atoms. The van der Waals surface area contributed by atoms with E-state index in [9.17, 15) is 14.4 Å². The van der Waals surface area contributed by atoms with Crippen LogP contribution in [0.4, 0.5) is 4.79 Å². The summed E-state index contributed by atoms with van der Waals surface area (Å²) in [6, 6.07) is 5.17. The first kappa shape index (κ1) is 19.4. The predicted octanol–water partition coefficient (Wildman–Crippen LogP) is 1.06. The Morgan fingerprint density at radius 3 is 2.54 bits per heavy atom. The van der Waals surface area contributed by atoms with Crippen molar-refractivity contribution in [3.05, 3.63) is 30.1 Å². The van der Waals surface area contributed by atoms with E-state index in [1.54, 1.807) is 45.2 Å². The van der Waals surface area contributed by atoms with Gasteiger partial charge in [-0.1, -0.05) is 6.07 Å². The molecule has 0 aliphatic carbocycles. The molecule has 1 aromatic rings. The van der Waals surface area contributed by atoms with Crippen molar-refractivity contribution in [2.24, 2.45) is 0 Å². The third-order valence-electron chi connectivity index (χ3n) is 2.79. The SMILES string of the molecule is CC(C)(C)OC(=O)NCCN(CC(=O)O)C(=O)Cc1ccccn1. The Hall–Kier alpha value is -2.64. The molecular formula is C16H23N3O5. The van der Waals surface area contributed by atoms with Crippen LogP contribution in [0, 0.1) is 0 Å². The lowest BCUT2D eigenvalue weighted by Gasteiger charge is -2.22. The number of carboxylic acid groups (broad SMARTS) is 1. The molecule has 1 heterocycles. The molecule has 0 saturated carbocycles. The molecule has 1 rings (SSSR count). The standard InChI is InChI=1S/C16H23N3O5/c1-16(2,3)24-15(23)18-8-9-19(11-14(21)22)13(20)10-12-6-4-5-7-17-12/h4-7H,8-11H2,1-3H3,(H,18,23)(H,21,22). The van der Waals surface area contributed by atoms with Gasteiger partial charge in [0.25, 0.3) is 0 Å². The van der Waals surface area contributed by atoms with Gasteiger partial charge < -0.3 is 20.1 Å². The lowest BCUT2D eigenvalue weighted by atomic mass is 10.2. The van der Waals surface area contributed by atoms with Crippen LogP contribution in [-0.4, -0.2) is 58.2 Å². The van der Waals surface area contributed by atoms with E-state index in [4.69, 9.17) is 9.84 Å². The molecule has 0 aliphatic heterocycles. The molecule has 0 fully saturated rings. The minimum atomic E-state index is -1.12. The third kappa shape index (κ3) is 8.11. The van der Waals surface area contributed by atoms with Crippen molar-refractivity contribution < 1.29 is 24.2 Å². The summed E-state index contributed by atoms with van der Waals surface area (Å²) in [5.74, 6) is -1.50. The summed E-state index contributed by atoms with van der Waals surface area (Å²) in [4.78, 5) is 39.9. The van der Waals surface area contributed by atoms with Crippen LogP contribution in [0.25, 0.3) is 0 Å². The third-order valence-corrected chi connectivity index (χ3v) is 2.79. The summed E-state index contributed by atoms with van der Waals surface area (Å²) in [5, 5.41) is 11.4. The van der Waals surface area contributed by atoms with Gasteiger partial charge in [-0.3, -0.25) is 14.6 Å². The van der Waals surface area contributed by atoms with E-state index in [1.165, 1.54) is 0 Å². The van der Waals surface area contributed by atoms with E-state index in [2.05, 4.69) is 10.3 Å². The summed E-state index contributed by atoms with van der Waals surface area (Å²) in [6.07, 6.45) is 0.948. The predicted molar refractivity (Wildman–Crippen MR) is 86.4 cm³/mol. The highest BCUT2D eigenvalue weighted by Gasteiger charge is 2.19. The van der Waals surface area contributed by atoms with Gasteiger partial charge in [0.1, 0.15) is 12.1 Å². The second-order valence-electron chi connectivity index (χ2n) is 6.14. The molecule has 2 amide bonds. The number of aliphatic carboxylic acids is 1. The number of carbonyl (C=O) groups excluding carboxylic acids is 2. The number of carbonyl (C=O) groups is 3. The summed E-state index contributed by atoms with van der Waals surface area (Å²) in [5.41, 5.74) is -0.0717. The van der Waals surface area contributed by atoms with E-state index in [-0.39, 0.29) is 25.4 Å². The van der Waals surface area contributed by atoms with Gasteiger partial charge in [-0.15, -0.1) is 0 Å². The minimum absolute atomic E-state index is 0.000553. The topological polar surface area (TPSA) is 109 Å². The zero-order valence-electron chi connectivity index (χ0n) is 14.1. The van der Waals surface area contributed by atoms with Crippen LogP contribution in [0.2, 0.25) is 0 Å². The van der Waals surface area contributed by atoms with Crippen LogP contribution in [-0.2, 0) is 20.7 Å². The first-order valence-electron chi connectivity index (χ1n) is 7.53. The van der Waals surface area contributed by atoms with Gasteiger partial charge >= 0.3 is 12.1 Å². The molecule has 8 heteroatoms. The Bertz CT molecular complexity index is 569. The van der Waals surface area contributed by atoms with Crippen LogP contribution in [0.1, 0.15) is 26.5 Å². The number of nitrogens with one attached hydrogen (secondary N) is 1. The van der Waals surface area contributed by atoms with E-state index in [0.717, 1.165) is 4.90 Å². The monoisotopic (exact) mass is 337 g/mol. The maximum Gasteiger partial charge on any atom is 0.407 e. The summed E-state index contributed by atoms with van der Waals surface area (Å²) in [7, 11) is 0. The Kier molecular flexibility index (Phi) is 7.16. The van der Waals surface area contributed by atoms with E-state index < -0.39 is 24.2 Å². The quantitative estimate of drug-likeness (QED) is 0.770. The van der Waals surface area contributed by atoms with Crippen LogP contribution in [0.15, 0.2) is 24.4 Å². The molecule has 0 atom stereocenters. The van der Waals surface area contributed by atoms with Crippen LogP contribution < -0.4 is 5.32 Å². The molecule has 2 N–H and O–H groups in total. The fourth-order valence-corrected chi connectivity index (χ4v) is 1.83. The molecule has 132 valence electrons. The van der Waals surface area contributed by atoms with Crippen molar-refractivity contribution in [1.29, 1.82) is 0 Å². The average molecular weight is 337 g/mol. The number of aromatic nitrogens is 1. The zero-order valence-corrected chi connectivity index (χ0v) is 14.1. The Morgan fingerprint density at radius 1 is 1.29 bits per heavy atom. The summed E-state index contributed by atoms with van der Waals surface area (Å²) >= 11 is 0. The molecule has 0 aliphatic rings. The number of hydrogen-bond acceptors (Lipinski definition) is 5. The fraction of sp³-hybridized carbons (Fsp3) is 0.500. The van der Waals surface area contributed by atoms with E-state index >= 15 is 0 Å². The van der Waals surface area contributed by atoms with Crippen molar-refractivity contribution in [2.75, 3.05) is 19.6 Å². The zero-order chi connectivity index (χ0) is 18.2. The Balaban J connectivity index is 2.54. The Labute approximate surface area is 140 Å². The summed E-state index contributed by atoms with van der Waals surface area (Å²) in [6.45, 7) is 4.92. The molecule has 1 aromatic heterocycles. The van der Waals surface area contributed by atoms with Crippen LogP contribution in [0.3, 0.4) is 0 Å². The number of ether oxygens (including phenoxy) is 1. The number of hydrogen-bond donors (Lipinski definition) is 2. The Morgan fingerprint density at radius 2 is 2.00 bits per heavy atom. The molecule has 0 bridgehead atoms. The smallest absolute Gasteiger partial charge is 0.407 e. The second-order valence-corrected chi connectivity index (χ2v) is 6.14. The molecule has 0 unspecified atom stereocenters. The van der Waals surface area contributed by atoms with Crippen LogP contribution >= 0.6 is 0 Å². The minimum Gasteiger partial charge on any atom is -0.480 e. The van der Waals surface area contributed by atoms with Crippen molar-refractivity contribution >= 4 is 18.0 Å². The number of carboxylic acids is 1. The summed E-state index contributed by atoms with van der Waals surface area (Å²) < 4.78 is 5.08. The maximum atomic E-state index is 12.2. The second kappa shape index (κ2) is 8.85. The first-order valence-corrected chi connectivity index (χ1v) is 7.53. The van der Waals surface area contributed by atoms with Crippen LogP contribution in [0.5, 0.6) is 0 Å². The number of alkyl carbamates (subject to hydrolysis) is 1. The van der Waals surface area contributed by atoms with E-state index in [1.807, 2.05) is 0 Å². The number of rotatable bonds is 7. The van der Waals surface area contributed by atoms with Crippen molar-refractivity contribution in [3.8, 4) is 0 Å². The number of pyridine rings is 1. The van der Waals surface area contributed by atoms with E-state index in [0.29, 0.717) is 5.69 Å². The van der Waals surface area contributed by atoms with Gasteiger partial charge in [0.15, 0.2) is 0 Å². The highest BCUT2D eigenvalue weighted by molar-refractivity contribution is 5.82. The van der Waals surface area contributed by atoms with Gasteiger partial charge in [-0.2, -0.15) is 0 Å². The lowest BCUT2D eigenvalue weighted by molar-refractivity contribution is -0.144. The van der Waals surface area contributed by atoms with Gasteiger partial charge in [-0.25, -0.2) is 4.79 Å². The van der Waals surface area contributed by atoms with Gasteiger partial charge in [0.2, 0.25) is 5.91 Å². The molecule has 0 saturated heterocycles. The van der Waals surface area contributed by atoms with Crippen molar-refractivity contribution in [3.63, 3.8) is 0 Å². The molecule has 0 aromatic carbocycles. The average Bonchev–Trinajstić information content (AvgIpc) is 2.45. The highest BCUT2D eigenvalue weighted by Crippen LogP contribution is 2.06. The largest absolute Gasteiger partial charge is 0.480 e. The van der Waals surface area contributed by atoms with Crippen molar-refractivity contribution in [1.82, 2.24) is 15.2 Å². The molecular weight excluding hydrogens is 314 g/mol. The van der Waals surface area contributed by atoms with Gasteiger partial charge in [0, 0.05) is 25.0 Å². The molecule has 0 radical (unpaired) electrons. The molecule has 8 nitrogen and oxygen atoms in total.